The van der Waals surface area contributed by atoms with Crippen molar-refractivity contribution in [3.8, 4) is 0 Å². The fraction of sp³-hybridized carbons (Fsp3) is 0.583. The predicted octanol–water partition coefficient (Wildman–Crippen LogP) is 2.00. The Hall–Kier alpha value is -0.870. The number of carbonyl (C=O) groups excluding carboxylic acids is 1. The Labute approximate surface area is 99.8 Å². The monoisotopic (exact) mass is 239 g/mol. The van der Waals surface area contributed by atoms with Gasteiger partial charge in [0.2, 0.25) is 0 Å². The summed E-state index contributed by atoms with van der Waals surface area (Å²) in [6.45, 7) is 1.98. The van der Waals surface area contributed by atoms with Crippen LogP contribution in [0.2, 0.25) is 0 Å². The van der Waals surface area contributed by atoms with Gasteiger partial charge in [0.25, 0.3) is 0 Å². The fourth-order valence-corrected chi connectivity index (χ4v) is 3.21. The van der Waals surface area contributed by atoms with Crippen molar-refractivity contribution in [1.29, 1.82) is 0 Å². The number of ether oxygens (including phenoxy) is 1. The molecule has 1 aromatic rings. The first-order chi connectivity index (χ1) is 7.83. The number of esters is 1. The molecule has 1 fully saturated rings. The zero-order valence-corrected chi connectivity index (χ0v) is 10.3. The van der Waals surface area contributed by atoms with Crippen molar-refractivity contribution in [3.63, 3.8) is 0 Å². The molecule has 1 N–H and O–H groups in total. The molecule has 2 heterocycles. The normalized spacial score (nSPS) is 22.7. The third kappa shape index (κ3) is 2.44. The largest absolute Gasteiger partial charge is 0.469 e. The topological polar surface area (TPSA) is 38.3 Å². The van der Waals surface area contributed by atoms with Crippen LogP contribution in [-0.2, 0) is 9.53 Å². The number of piperidine rings is 1. The summed E-state index contributed by atoms with van der Waals surface area (Å²) in [5, 5.41) is 5.37. The third-order valence-electron chi connectivity index (χ3n) is 3.11. The van der Waals surface area contributed by atoms with Crippen LogP contribution in [0.3, 0.4) is 0 Å². The first-order valence-corrected chi connectivity index (χ1v) is 6.53. The molecule has 0 bridgehead atoms. The summed E-state index contributed by atoms with van der Waals surface area (Å²) in [5.74, 6) is 0.189. The van der Waals surface area contributed by atoms with Gasteiger partial charge >= 0.3 is 5.97 Å². The zero-order valence-electron chi connectivity index (χ0n) is 9.44. The number of hydrogen-bond acceptors (Lipinski definition) is 4. The summed E-state index contributed by atoms with van der Waals surface area (Å²) in [6, 6.07) is 4.02. The summed E-state index contributed by atoms with van der Waals surface area (Å²) in [6.07, 6.45) is 2.24. The van der Waals surface area contributed by atoms with Crippen molar-refractivity contribution in [2.45, 2.75) is 18.8 Å². The van der Waals surface area contributed by atoms with Crippen molar-refractivity contribution in [2.24, 2.45) is 5.92 Å². The molecule has 2 rings (SSSR count). The minimum atomic E-state index is -0.101. The maximum absolute atomic E-state index is 11.9. The van der Waals surface area contributed by atoms with Gasteiger partial charge in [-0.05, 0) is 43.3 Å². The molecule has 0 aliphatic carbocycles. The molecule has 4 heteroatoms. The molecule has 1 aliphatic heterocycles. The van der Waals surface area contributed by atoms with E-state index in [-0.39, 0.29) is 11.9 Å². The number of hydrogen-bond donors (Lipinski definition) is 1. The highest BCUT2D eigenvalue weighted by Gasteiger charge is 2.32. The second-order valence-corrected chi connectivity index (χ2v) is 5.10. The highest BCUT2D eigenvalue weighted by atomic mass is 32.1. The average Bonchev–Trinajstić information content (AvgIpc) is 2.84. The Kier molecular flexibility index (Phi) is 3.96. The molecule has 1 aromatic heterocycles. The summed E-state index contributed by atoms with van der Waals surface area (Å²) in [4.78, 5) is 13.0. The molecular formula is C12H17NO2S. The van der Waals surface area contributed by atoms with E-state index < -0.39 is 0 Å². The minimum Gasteiger partial charge on any atom is -0.469 e. The molecule has 0 saturated carbocycles. The Bertz CT molecular complexity index is 331. The maximum Gasteiger partial charge on any atom is 0.314 e. The van der Waals surface area contributed by atoms with E-state index in [0.29, 0.717) is 5.92 Å². The average molecular weight is 239 g/mol. The van der Waals surface area contributed by atoms with E-state index in [2.05, 4.69) is 5.32 Å². The van der Waals surface area contributed by atoms with Gasteiger partial charge in [-0.15, -0.1) is 11.3 Å². The summed E-state index contributed by atoms with van der Waals surface area (Å²) < 4.78 is 4.93. The molecule has 88 valence electrons. The summed E-state index contributed by atoms with van der Waals surface area (Å²) >= 11 is 1.64. The lowest BCUT2D eigenvalue weighted by Gasteiger charge is -2.28. The molecule has 0 aromatic carbocycles. The third-order valence-corrected chi connectivity index (χ3v) is 4.07. The van der Waals surface area contributed by atoms with Crippen LogP contribution >= 0.6 is 11.3 Å². The van der Waals surface area contributed by atoms with Crippen molar-refractivity contribution >= 4 is 17.3 Å². The van der Waals surface area contributed by atoms with Gasteiger partial charge in [0.15, 0.2) is 0 Å². The van der Waals surface area contributed by atoms with Gasteiger partial charge in [0.05, 0.1) is 13.0 Å². The standard InChI is InChI=1S/C12H17NO2S/c1-15-12(14)11(10-5-3-7-16-10)9-4-2-6-13-8-9/h3,5,7,9,11,13H,2,4,6,8H2,1H3. The Morgan fingerprint density at radius 2 is 2.56 bits per heavy atom. The van der Waals surface area contributed by atoms with E-state index in [9.17, 15) is 4.79 Å². The lowest BCUT2D eigenvalue weighted by molar-refractivity contribution is -0.144. The Morgan fingerprint density at radius 1 is 1.69 bits per heavy atom. The van der Waals surface area contributed by atoms with Crippen LogP contribution < -0.4 is 5.32 Å². The molecule has 1 saturated heterocycles. The summed E-state index contributed by atoms with van der Waals surface area (Å²) in [7, 11) is 1.47. The van der Waals surface area contributed by atoms with Gasteiger partial charge in [-0.3, -0.25) is 4.79 Å². The molecule has 1 aliphatic rings. The number of carbonyl (C=O) groups is 1. The molecule has 3 nitrogen and oxygen atoms in total. The predicted molar refractivity (Wildman–Crippen MR) is 64.7 cm³/mol. The highest BCUT2D eigenvalue weighted by molar-refractivity contribution is 7.10. The second-order valence-electron chi connectivity index (χ2n) is 4.12. The summed E-state index contributed by atoms with van der Waals surface area (Å²) in [5.41, 5.74) is 0. The minimum absolute atomic E-state index is 0.0854. The van der Waals surface area contributed by atoms with Crippen molar-refractivity contribution < 1.29 is 9.53 Å². The molecular weight excluding hydrogens is 222 g/mol. The number of nitrogens with one attached hydrogen (secondary N) is 1. The van der Waals surface area contributed by atoms with Crippen LogP contribution in [0.1, 0.15) is 23.6 Å². The zero-order chi connectivity index (χ0) is 11.4. The molecule has 0 radical (unpaired) electrons. The number of methoxy groups -OCH3 is 1. The van der Waals surface area contributed by atoms with E-state index in [0.717, 1.165) is 30.8 Å². The van der Waals surface area contributed by atoms with Crippen LogP contribution in [0.15, 0.2) is 17.5 Å². The SMILES string of the molecule is COC(=O)C(c1cccs1)C1CCCNC1. The van der Waals surface area contributed by atoms with Crippen LogP contribution in [-0.4, -0.2) is 26.2 Å². The lowest BCUT2D eigenvalue weighted by atomic mass is 9.85. The van der Waals surface area contributed by atoms with E-state index in [1.54, 1.807) is 11.3 Å². The first kappa shape index (κ1) is 11.6. The van der Waals surface area contributed by atoms with Crippen LogP contribution in [0.5, 0.6) is 0 Å². The van der Waals surface area contributed by atoms with Crippen LogP contribution in [0.25, 0.3) is 0 Å². The van der Waals surface area contributed by atoms with Gasteiger partial charge in [0.1, 0.15) is 0 Å². The van der Waals surface area contributed by atoms with Crippen LogP contribution in [0.4, 0.5) is 0 Å². The smallest absolute Gasteiger partial charge is 0.314 e. The molecule has 16 heavy (non-hydrogen) atoms. The first-order valence-electron chi connectivity index (χ1n) is 5.65. The number of rotatable bonds is 3. The molecule has 0 spiro atoms. The lowest BCUT2D eigenvalue weighted by Crippen LogP contribution is -2.36. The fourth-order valence-electron chi connectivity index (χ4n) is 2.30. The number of thiophene rings is 1. The van der Waals surface area contributed by atoms with E-state index in [1.807, 2.05) is 17.5 Å². The van der Waals surface area contributed by atoms with Gasteiger partial charge < -0.3 is 10.1 Å². The van der Waals surface area contributed by atoms with E-state index in [4.69, 9.17) is 4.74 Å². The van der Waals surface area contributed by atoms with Crippen LogP contribution in [0, 0.1) is 5.92 Å². The Morgan fingerprint density at radius 3 is 3.12 bits per heavy atom. The quantitative estimate of drug-likeness (QED) is 0.820. The van der Waals surface area contributed by atoms with Crippen molar-refractivity contribution in [1.82, 2.24) is 5.32 Å². The molecule has 2 unspecified atom stereocenters. The van der Waals surface area contributed by atoms with Crippen molar-refractivity contribution in [2.75, 3.05) is 20.2 Å². The molecule has 2 atom stereocenters. The van der Waals surface area contributed by atoms with Gasteiger partial charge in [-0.2, -0.15) is 0 Å². The van der Waals surface area contributed by atoms with Gasteiger partial charge in [-0.25, -0.2) is 0 Å². The molecule has 0 amide bonds. The highest BCUT2D eigenvalue weighted by Crippen LogP contribution is 2.33. The van der Waals surface area contributed by atoms with Crippen molar-refractivity contribution in [3.05, 3.63) is 22.4 Å². The van der Waals surface area contributed by atoms with Gasteiger partial charge in [-0.1, -0.05) is 6.07 Å². The van der Waals surface area contributed by atoms with Gasteiger partial charge in [0, 0.05) is 4.88 Å². The second kappa shape index (κ2) is 5.46. The maximum atomic E-state index is 11.9. The van der Waals surface area contributed by atoms with E-state index in [1.165, 1.54) is 7.11 Å². The van der Waals surface area contributed by atoms with E-state index >= 15 is 0 Å². The Balaban J connectivity index is 2.17.